The van der Waals surface area contributed by atoms with Crippen LogP contribution < -0.4 is 14.8 Å². The largest absolute Gasteiger partial charge is 0.493 e. The summed E-state index contributed by atoms with van der Waals surface area (Å²) in [6.45, 7) is 1.16. The van der Waals surface area contributed by atoms with Crippen LogP contribution in [0.2, 0.25) is 0 Å². The molecule has 0 aliphatic heterocycles. The van der Waals surface area contributed by atoms with Gasteiger partial charge in [0.05, 0.1) is 20.3 Å². The van der Waals surface area contributed by atoms with Gasteiger partial charge in [0.15, 0.2) is 11.5 Å². The molecule has 2 aromatic rings. The summed E-state index contributed by atoms with van der Waals surface area (Å²) in [5.41, 5.74) is 1.99. The van der Waals surface area contributed by atoms with Crippen LogP contribution in [0.3, 0.4) is 0 Å². The SMILES string of the molecule is COc1ccc(CNC[C@@H](O)c2ccccc2)cc1OC. The molecule has 0 saturated carbocycles. The Morgan fingerprint density at radius 2 is 1.71 bits per heavy atom. The minimum Gasteiger partial charge on any atom is -0.493 e. The highest BCUT2D eigenvalue weighted by molar-refractivity contribution is 5.42. The lowest BCUT2D eigenvalue weighted by molar-refractivity contribution is 0.174. The fraction of sp³-hybridized carbons (Fsp3) is 0.294. The summed E-state index contributed by atoms with van der Waals surface area (Å²) < 4.78 is 10.5. The minimum atomic E-state index is -0.508. The minimum absolute atomic E-state index is 0.498. The first-order chi connectivity index (χ1) is 10.2. The Kier molecular flexibility index (Phi) is 5.60. The summed E-state index contributed by atoms with van der Waals surface area (Å²) in [6, 6.07) is 15.4. The van der Waals surface area contributed by atoms with E-state index in [0.29, 0.717) is 24.6 Å². The van der Waals surface area contributed by atoms with Crippen molar-refractivity contribution in [3.63, 3.8) is 0 Å². The van der Waals surface area contributed by atoms with Crippen LogP contribution in [0.25, 0.3) is 0 Å². The Morgan fingerprint density at radius 3 is 2.38 bits per heavy atom. The van der Waals surface area contributed by atoms with Crippen molar-refractivity contribution >= 4 is 0 Å². The van der Waals surface area contributed by atoms with Gasteiger partial charge < -0.3 is 19.9 Å². The quantitative estimate of drug-likeness (QED) is 0.821. The molecule has 2 N–H and O–H groups in total. The molecule has 1 atom stereocenters. The highest BCUT2D eigenvalue weighted by Crippen LogP contribution is 2.27. The third kappa shape index (κ3) is 4.21. The molecule has 0 spiro atoms. The molecule has 0 aromatic heterocycles. The van der Waals surface area contributed by atoms with E-state index in [1.807, 2.05) is 48.5 Å². The zero-order valence-electron chi connectivity index (χ0n) is 12.4. The summed E-state index contributed by atoms with van der Waals surface area (Å²) in [4.78, 5) is 0. The number of nitrogens with one attached hydrogen (secondary N) is 1. The average molecular weight is 287 g/mol. The highest BCUT2D eigenvalue weighted by atomic mass is 16.5. The molecular weight excluding hydrogens is 266 g/mol. The van der Waals surface area contributed by atoms with Crippen molar-refractivity contribution in [2.45, 2.75) is 12.6 Å². The van der Waals surface area contributed by atoms with Crippen LogP contribution >= 0.6 is 0 Å². The first kappa shape index (κ1) is 15.4. The van der Waals surface area contributed by atoms with E-state index in [9.17, 15) is 5.11 Å². The van der Waals surface area contributed by atoms with E-state index >= 15 is 0 Å². The monoisotopic (exact) mass is 287 g/mol. The summed E-state index contributed by atoms with van der Waals surface area (Å²) in [5, 5.41) is 13.3. The standard InChI is InChI=1S/C17H21NO3/c1-20-16-9-8-13(10-17(16)21-2)11-18-12-15(19)14-6-4-3-5-7-14/h3-10,15,18-19H,11-12H2,1-2H3/t15-/m1/s1. The molecule has 0 heterocycles. The molecule has 0 amide bonds. The van der Waals surface area contributed by atoms with Gasteiger partial charge in [0.25, 0.3) is 0 Å². The van der Waals surface area contributed by atoms with E-state index in [4.69, 9.17) is 9.47 Å². The number of aliphatic hydroxyl groups is 1. The zero-order chi connectivity index (χ0) is 15.1. The molecule has 2 rings (SSSR count). The fourth-order valence-electron chi connectivity index (χ4n) is 2.14. The Labute approximate surface area is 125 Å². The average Bonchev–Trinajstić information content (AvgIpc) is 2.55. The number of hydrogen-bond acceptors (Lipinski definition) is 4. The predicted octanol–water partition coefficient (Wildman–Crippen LogP) is 2.53. The Bertz CT molecular complexity index is 557. The number of rotatable bonds is 7. The zero-order valence-corrected chi connectivity index (χ0v) is 12.4. The number of benzene rings is 2. The predicted molar refractivity (Wildman–Crippen MR) is 82.7 cm³/mol. The van der Waals surface area contributed by atoms with Gasteiger partial charge in [-0.15, -0.1) is 0 Å². The highest BCUT2D eigenvalue weighted by Gasteiger charge is 2.07. The Morgan fingerprint density at radius 1 is 1.00 bits per heavy atom. The van der Waals surface area contributed by atoms with E-state index in [1.165, 1.54) is 0 Å². The lowest BCUT2D eigenvalue weighted by Crippen LogP contribution is -2.21. The molecule has 0 bridgehead atoms. The van der Waals surface area contributed by atoms with Crippen LogP contribution in [0.1, 0.15) is 17.2 Å². The topological polar surface area (TPSA) is 50.7 Å². The molecular formula is C17H21NO3. The van der Waals surface area contributed by atoms with Crippen LogP contribution in [0, 0.1) is 0 Å². The van der Waals surface area contributed by atoms with Crippen LogP contribution in [-0.4, -0.2) is 25.9 Å². The van der Waals surface area contributed by atoms with Crippen molar-refractivity contribution < 1.29 is 14.6 Å². The van der Waals surface area contributed by atoms with Crippen molar-refractivity contribution in [3.8, 4) is 11.5 Å². The summed E-state index contributed by atoms with van der Waals surface area (Å²) in [5.74, 6) is 1.42. The third-order valence-electron chi connectivity index (χ3n) is 3.30. The molecule has 0 saturated heterocycles. The van der Waals surface area contributed by atoms with Gasteiger partial charge in [-0.1, -0.05) is 36.4 Å². The van der Waals surface area contributed by atoms with Gasteiger partial charge in [-0.05, 0) is 23.3 Å². The molecule has 112 valence electrons. The number of ether oxygens (including phenoxy) is 2. The van der Waals surface area contributed by atoms with Crippen molar-refractivity contribution in [3.05, 3.63) is 59.7 Å². The molecule has 0 aliphatic carbocycles. The molecule has 0 unspecified atom stereocenters. The van der Waals surface area contributed by atoms with Crippen molar-refractivity contribution in [1.29, 1.82) is 0 Å². The first-order valence-electron chi connectivity index (χ1n) is 6.89. The molecule has 4 heteroatoms. The van der Waals surface area contributed by atoms with E-state index in [1.54, 1.807) is 14.2 Å². The Hall–Kier alpha value is -2.04. The van der Waals surface area contributed by atoms with Gasteiger partial charge in [-0.3, -0.25) is 0 Å². The second kappa shape index (κ2) is 7.67. The summed E-state index contributed by atoms with van der Waals surface area (Å²) in [6.07, 6.45) is -0.508. The smallest absolute Gasteiger partial charge is 0.161 e. The summed E-state index contributed by atoms with van der Waals surface area (Å²) in [7, 11) is 3.24. The van der Waals surface area contributed by atoms with Crippen LogP contribution in [-0.2, 0) is 6.54 Å². The molecule has 2 aromatic carbocycles. The van der Waals surface area contributed by atoms with Gasteiger partial charge in [-0.25, -0.2) is 0 Å². The van der Waals surface area contributed by atoms with Crippen molar-refractivity contribution in [1.82, 2.24) is 5.32 Å². The van der Waals surface area contributed by atoms with Crippen molar-refractivity contribution in [2.75, 3.05) is 20.8 Å². The number of hydrogen-bond donors (Lipinski definition) is 2. The van der Waals surface area contributed by atoms with E-state index in [2.05, 4.69) is 5.32 Å². The third-order valence-corrected chi connectivity index (χ3v) is 3.30. The van der Waals surface area contributed by atoms with Crippen LogP contribution in [0.15, 0.2) is 48.5 Å². The lowest BCUT2D eigenvalue weighted by atomic mass is 10.1. The second-order valence-electron chi connectivity index (χ2n) is 4.75. The van der Waals surface area contributed by atoms with Gasteiger partial charge >= 0.3 is 0 Å². The van der Waals surface area contributed by atoms with E-state index in [-0.39, 0.29) is 0 Å². The van der Waals surface area contributed by atoms with Crippen molar-refractivity contribution in [2.24, 2.45) is 0 Å². The van der Waals surface area contributed by atoms with Gasteiger partial charge in [0.1, 0.15) is 0 Å². The van der Waals surface area contributed by atoms with Crippen LogP contribution in [0.4, 0.5) is 0 Å². The molecule has 21 heavy (non-hydrogen) atoms. The second-order valence-corrected chi connectivity index (χ2v) is 4.75. The molecule has 4 nitrogen and oxygen atoms in total. The van der Waals surface area contributed by atoms with E-state index in [0.717, 1.165) is 11.1 Å². The number of aliphatic hydroxyl groups excluding tert-OH is 1. The first-order valence-corrected chi connectivity index (χ1v) is 6.89. The normalized spacial score (nSPS) is 12.0. The molecule has 0 fully saturated rings. The lowest BCUT2D eigenvalue weighted by Gasteiger charge is -2.13. The number of methoxy groups -OCH3 is 2. The van der Waals surface area contributed by atoms with E-state index < -0.39 is 6.10 Å². The maximum Gasteiger partial charge on any atom is 0.161 e. The maximum absolute atomic E-state index is 10.1. The van der Waals surface area contributed by atoms with Gasteiger partial charge in [0, 0.05) is 13.1 Å². The fourth-order valence-corrected chi connectivity index (χ4v) is 2.14. The summed E-state index contributed by atoms with van der Waals surface area (Å²) >= 11 is 0. The maximum atomic E-state index is 10.1. The van der Waals surface area contributed by atoms with Gasteiger partial charge in [-0.2, -0.15) is 0 Å². The van der Waals surface area contributed by atoms with Gasteiger partial charge in [0.2, 0.25) is 0 Å². The Balaban J connectivity index is 1.89. The molecule has 0 radical (unpaired) electrons. The molecule has 0 aliphatic rings. The van der Waals surface area contributed by atoms with Crippen LogP contribution in [0.5, 0.6) is 11.5 Å².